The second kappa shape index (κ2) is 2.78. The number of nitrogens with two attached hydrogens (primary N) is 1. The van der Waals surface area contributed by atoms with E-state index in [9.17, 15) is 4.79 Å². The van der Waals surface area contributed by atoms with Gasteiger partial charge < -0.3 is 10.2 Å². The molecule has 0 aliphatic carbocycles. The van der Waals surface area contributed by atoms with Crippen LogP contribution in [-0.2, 0) is 0 Å². The van der Waals surface area contributed by atoms with Gasteiger partial charge in [-0.15, -0.1) is 0 Å². The van der Waals surface area contributed by atoms with Crippen LogP contribution in [0.1, 0.15) is 0 Å². The molecule has 2 aromatic heterocycles. The average molecular weight is 177 g/mol. The molecule has 0 aromatic carbocycles. The summed E-state index contributed by atoms with van der Waals surface area (Å²) in [5.41, 5.74) is 5.50. The third-order valence-corrected chi connectivity index (χ3v) is 1.53. The number of H-pyrrole nitrogens is 1. The van der Waals surface area contributed by atoms with E-state index in [4.69, 9.17) is 10.2 Å². The van der Waals surface area contributed by atoms with Crippen LogP contribution in [0.25, 0.3) is 11.5 Å². The Kier molecular flexibility index (Phi) is 1.63. The summed E-state index contributed by atoms with van der Waals surface area (Å²) in [7, 11) is 0. The Balaban J connectivity index is 2.59. The highest BCUT2D eigenvalue weighted by Gasteiger charge is 2.03. The van der Waals surface area contributed by atoms with Gasteiger partial charge in [-0.2, -0.15) is 0 Å². The van der Waals surface area contributed by atoms with Crippen LogP contribution in [-0.4, -0.2) is 9.97 Å². The summed E-state index contributed by atoms with van der Waals surface area (Å²) in [5, 5.41) is 0. The number of anilines is 1. The maximum absolute atomic E-state index is 11.0. The minimum absolute atomic E-state index is 0.0823. The molecular weight excluding hydrogens is 170 g/mol. The fourth-order valence-electron chi connectivity index (χ4n) is 1.03. The maximum Gasteiger partial charge on any atom is 0.252 e. The standard InChI is InChI=1S/C8H7N3O2/c9-8-10-5(4-7(12)11-8)6-2-1-3-13-6/h1-4H,(H3,9,10,11,12). The number of furan rings is 1. The zero-order chi connectivity index (χ0) is 9.26. The van der Waals surface area contributed by atoms with Gasteiger partial charge in [-0.25, -0.2) is 4.98 Å². The van der Waals surface area contributed by atoms with Crippen molar-refractivity contribution in [3.63, 3.8) is 0 Å². The van der Waals surface area contributed by atoms with E-state index in [1.165, 1.54) is 12.3 Å². The monoisotopic (exact) mass is 177 g/mol. The molecule has 3 N–H and O–H groups in total. The summed E-state index contributed by atoms with van der Waals surface area (Å²) in [6.45, 7) is 0. The van der Waals surface area contributed by atoms with Crippen molar-refractivity contribution >= 4 is 5.95 Å². The SMILES string of the molecule is Nc1nc(-c2ccco2)cc(=O)[nH]1. The molecule has 2 heterocycles. The number of hydrogen-bond donors (Lipinski definition) is 2. The highest BCUT2D eigenvalue weighted by Crippen LogP contribution is 2.15. The van der Waals surface area contributed by atoms with Crippen LogP contribution in [0.2, 0.25) is 0 Å². The number of hydrogen-bond acceptors (Lipinski definition) is 4. The van der Waals surface area contributed by atoms with Crippen LogP contribution in [0.5, 0.6) is 0 Å². The second-order valence-corrected chi connectivity index (χ2v) is 2.49. The van der Waals surface area contributed by atoms with E-state index in [0.29, 0.717) is 11.5 Å². The Morgan fingerprint density at radius 1 is 1.54 bits per heavy atom. The van der Waals surface area contributed by atoms with Crippen molar-refractivity contribution in [3.05, 3.63) is 34.8 Å². The molecule has 0 aliphatic rings. The Morgan fingerprint density at radius 2 is 2.38 bits per heavy atom. The molecule has 0 atom stereocenters. The fourth-order valence-corrected chi connectivity index (χ4v) is 1.03. The topological polar surface area (TPSA) is 84.9 Å². The summed E-state index contributed by atoms with van der Waals surface area (Å²) >= 11 is 0. The lowest BCUT2D eigenvalue weighted by Gasteiger charge is -1.95. The Labute approximate surface area is 73.2 Å². The normalized spacial score (nSPS) is 10.2. The first-order valence-electron chi connectivity index (χ1n) is 3.66. The maximum atomic E-state index is 11.0. The molecule has 0 aliphatic heterocycles. The van der Waals surface area contributed by atoms with Crippen molar-refractivity contribution in [1.29, 1.82) is 0 Å². The fraction of sp³-hybridized carbons (Fsp3) is 0. The molecule has 0 saturated heterocycles. The number of nitrogens with one attached hydrogen (secondary N) is 1. The molecule has 0 fully saturated rings. The van der Waals surface area contributed by atoms with Crippen molar-refractivity contribution in [2.75, 3.05) is 5.73 Å². The Hall–Kier alpha value is -2.04. The average Bonchev–Trinajstić information content (AvgIpc) is 2.53. The van der Waals surface area contributed by atoms with Gasteiger partial charge in [0.05, 0.1) is 6.26 Å². The van der Waals surface area contributed by atoms with Crippen molar-refractivity contribution in [1.82, 2.24) is 9.97 Å². The highest BCUT2D eigenvalue weighted by molar-refractivity contribution is 5.52. The third-order valence-electron chi connectivity index (χ3n) is 1.53. The zero-order valence-electron chi connectivity index (χ0n) is 6.65. The minimum atomic E-state index is -0.293. The highest BCUT2D eigenvalue weighted by atomic mass is 16.3. The quantitative estimate of drug-likeness (QED) is 0.668. The lowest BCUT2D eigenvalue weighted by atomic mass is 10.3. The molecule has 0 amide bonds. The first-order chi connectivity index (χ1) is 6.25. The molecule has 0 unspecified atom stereocenters. The molecular formula is C8H7N3O2. The van der Waals surface area contributed by atoms with Crippen LogP contribution in [0.3, 0.4) is 0 Å². The van der Waals surface area contributed by atoms with Crippen LogP contribution < -0.4 is 11.3 Å². The zero-order valence-corrected chi connectivity index (χ0v) is 6.65. The van der Waals surface area contributed by atoms with E-state index >= 15 is 0 Å². The summed E-state index contributed by atoms with van der Waals surface area (Å²) in [5.74, 6) is 0.608. The first kappa shape index (κ1) is 7.60. The number of nitrogens with zero attached hydrogens (tertiary/aromatic N) is 1. The van der Waals surface area contributed by atoms with E-state index in [1.807, 2.05) is 0 Å². The molecule has 0 spiro atoms. The third kappa shape index (κ3) is 1.44. The molecule has 2 rings (SSSR count). The number of aromatic amines is 1. The van der Waals surface area contributed by atoms with Gasteiger partial charge in [-0.3, -0.25) is 9.78 Å². The van der Waals surface area contributed by atoms with E-state index in [0.717, 1.165) is 0 Å². The summed E-state index contributed by atoms with van der Waals surface area (Å²) in [6, 6.07) is 4.75. The largest absolute Gasteiger partial charge is 0.463 e. The van der Waals surface area contributed by atoms with Crippen LogP contribution in [0.15, 0.2) is 33.7 Å². The minimum Gasteiger partial charge on any atom is -0.463 e. The van der Waals surface area contributed by atoms with Crippen LogP contribution >= 0.6 is 0 Å². The summed E-state index contributed by atoms with van der Waals surface area (Å²) in [4.78, 5) is 17.2. The van der Waals surface area contributed by atoms with Gasteiger partial charge >= 0.3 is 0 Å². The predicted molar refractivity (Wildman–Crippen MR) is 47.0 cm³/mol. The van der Waals surface area contributed by atoms with E-state index in [2.05, 4.69) is 9.97 Å². The van der Waals surface area contributed by atoms with Crippen molar-refractivity contribution < 1.29 is 4.42 Å². The Morgan fingerprint density at radius 3 is 3.00 bits per heavy atom. The second-order valence-electron chi connectivity index (χ2n) is 2.49. The summed E-state index contributed by atoms with van der Waals surface area (Å²) in [6.07, 6.45) is 1.51. The van der Waals surface area contributed by atoms with E-state index < -0.39 is 0 Å². The smallest absolute Gasteiger partial charge is 0.252 e. The lowest BCUT2D eigenvalue weighted by Crippen LogP contribution is -2.09. The van der Waals surface area contributed by atoms with Gasteiger partial charge in [0.15, 0.2) is 5.76 Å². The molecule has 13 heavy (non-hydrogen) atoms. The van der Waals surface area contributed by atoms with Crippen LogP contribution in [0, 0.1) is 0 Å². The van der Waals surface area contributed by atoms with Gasteiger partial charge in [-0.1, -0.05) is 0 Å². The van der Waals surface area contributed by atoms with Gasteiger partial charge in [-0.05, 0) is 12.1 Å². The van der Waals surface area contributed by atoms with Crippen molar-refractivity contribution in [2.24, 2.45) is 0 Å². The molecule has 0 saturated carbocycles. The predicted octanol–water partition coefficient (Wildman–Crippen LogP) is 0.612. The number of nitrogen functional groups attached to an aromatic ring is 1. The molecule has 2 aromatic rings. The van der Waals surface area contributed by atoms with Gasteiger partial charge in [0.1, 0.15) is 5.69 Å². The van der Waals surface area contributed by atoms with Gasteiger partial charge in [0.25, 0.3) is 5.56 Å². The van der Waals surface area contributed by atoms with Crippen LogP contribution in [0.4, 0.5) is 5.95 Å². The Bertz CT molecular complexity index is 458. The van der Waals surface area contributed by atoms with Crippen molar-refractivity contribution in [2.45, 2.75) is 0 Å². The molecule has 66 valence electrons. The lowest BCUT2D eigenvalue weighted by molar-refractivity contribution is 0.580. The summed E-state index contributed by atoms with van der Waals surface area (Å²) < 4.78 is 5.06. The van der Waals surface area contributed by atoms with E-state index in [-0.39, 0.29) is 11.5 Å². The van der Waals surface area contributed by atoms with Gasteiger partial charge in [0.2, 0.25) is 5.95 Å². The molecule has 5 heteroatoms. The van der Waals surface area contributed by atoms with Crippen molar-refractivity contribution in [3.8, 4) is 11.5 Å². The molecule has 0 radical (unpaired) electrons. The number of aromatic nitrogens is 2. The number of rotatable bonds is 1. The molecule has 5 nitrogen and oxygen atoms in total. The van der Waals surface area contributed by atoms with E-state index in [1.54, 1.807) is 12.1 Å². The first-order valence-corrected chi connectivity index (χ1v) is 3.66. The molecule has 0 bridgehead atoms. The van der Waals surface area contributed by atoms with Gasteiger partial charge in [0, 0.05) is 6.07 Å².